The lowest BCUT2D eigenvalue weighted by molar-refractivity contribution is -0.142. The molecule has 84 heavy (non-hydrogen) atoms. The summed E-state index contributed by atoms with van der Waals surface area (Å²) in [5.41, 5.74) is 6.68. The maximum absolute atomic E-state index is 14.9. The molecule has 27 nitrogen and oxygen atoms in total. The van der Waals surface area contributed by atoms with Crippen molar-refractivity contribution >= 4 is 88.4 Å². The van der Waals surface area contributed by atoms with E-state index in [1.54, 1.807) is 50.2 Å². The van der Waals surface area contributed by atoms with Gasteiger partial charge in [-0.05, 0) is 93.0 Å². The first-order chi connectivity index (χ1) is 40.0. The van der Waals surface area contributed by atoms with Gasteiger partial charge in [-0.15, -0.1) is 0 Å². The van der Waals surface area contributed by atoms with Crippen LogP contribution in [0.25, 0.3) is 0 Å². The van der Waals surface area contributed by atoms with Crippen molar-refractivity contribution in [3.8, 4) is 0 Å². The van der Waals surface area contributed by atoms with Gasteiger partial charge in [0.05, 0.1) is 6.42 Å². The summed E-state index contributed by atoms with van der Waals surface area (Å²) in [5.74, 6) is -11.1. The van der Waals surface area contributed by atoms with Gasteiger partial charge in [-0.2, -0.15) is 0 Å². The molecule has 2 bridgehead atoms. The van der Waals surface area contributed by atoms with Crippen LogP contribution in [0, 0.1) is 5.92 Å². The zero-order valence-electron chi connectivity index (χ0n) is 47.9. The molecule has 0 aliphatic carbocycles. The van der Waals surface area contributed by atoms with E-state index in [-0.39, 0.29) is 83.2 Å². The highest BCUT2D eigenvalue weighted by Crippen LogP contribution is 2.21. The molecule has 1 unspecified atom stereocenters. The third-order valence-electron chi connectivity index (χ3n) is 14.4. The van der Waals surface area contributed by atoms with Crippen LogP contribution in [0.3, 0.4) is 0 Å². The van der Waals surface area contributed by atoms with Gasteiger partial charge >= 0.3 is 0 Å². The lowest BCUT2D eigenvalue weighted by Crippen LogP contribution is -2.61. The molecule has 0 saturated carbocycles. The van der Waals surface area contributed by atoms with Crippen LogP contribution in [0.5, 0.6) is 0 Å². The zero-order chi connectivity index (χ0) is 61.6. The number of rotatable bonds is 16. The molecule has 4 aliphatic heterocycles. The molecule has 5 heterocycles. The summed E-state index contributed by atoms with van der Waals surface area (Å²) < 4.78 is 0. The van der Waals surface area contributed by atoms with Gasteiger partial charge in [0.25, 0.3) is 0 Å². The van der Waals surface area contributed by atoms with E-state index in [2.05, 4.69) is 63.5 Å². The van der Waals surface area contributed by atoms with Crippen LogP contribution in [-0.4, -0.2) is 167 Å². The number of nitrogens with zero attached hydrogens (tertiary/aromatic N) is 2. The van der Waals surface area contributed by atoms with Gasteiger partial charge in [0.2, 0.25) is 76.8 Å². The van der Waals surface area contributed by atoms with E-state index in [9.17, 15) is 62.3 Å². The Kier molecular flexibility index (Phi) is 25.8. The van der Waals surface area contributed by atoms with Gasteiger partial charge in [0.15, 0.2) is 0 Å². The van der Waals surface area contributed by atoms with Crippen LogP contribution in [0.15, 0.2) is 48.8 Å². The maximum atomic E-state index is 14.9. The first-order valence-electron chi connectivity index (χ1n) is 28.4. The lowest BCUT2D eigenvalue weighted by Gasteiger charge is -2.31. The van der Waals surface area contributed by atoms with Crippen molar-refractivity contribution in [1.29, 1.82) is 0 Å². The Morgan fingerprint density at radius 1 is 0.690 bits per heavy atom. The summed E-state index contributed by atoms with van der Waals surface area (Å²) in [5, 5.41) is 29.1. The van der Waals surface area contributed by atoms with Crippen LogP contribution in [0.2, 0.25) is 5.02 Å². The Hall–Kier alpha value is -8.23. The molecule has 10 atom stereocenters. The molecule has 0 radical (unpaired) electrons. The fourth-order valence-corrected chi connectivity index (χ4v) is 9.98. The van der Waals surface area contributed by atoms with Crippen molar-refractivity contribution in [3.05, 3.63) is 64.9 Å². The third-order valence-corrected chi connectivity index (χ3v) is 14.7. The number of aromatic nitrogens is 1. The molecule has 0 spiro atoms. The standard InChI is InChI=1S/C56H79ClN14O13/c1-6-35(62-31(5)72)48(76)67-40(25-32-15-17-34(57)18-16-32)52(80)68-41(26-33-12-10-21-59-28-33)53(81)69-42-27-46(74)61-29-43(47(58)75)70-55(83)44-14-11-23-71(44)56(84)38-13-8-9-22-60-45(73)20-19-37(64-54(42)82)50(78)63-36(7-2)49(77)66-39(24-30(3)4)51(79)65-38/h10,12,15-18,21,28,30,35-44H,6-9,11,13-14,19-20,22-27,29H2,1-5H3,(H2,58,75)(H,60,73)(H,61,74)(H,62,72)(H,63,78)(H,64,82)(H,65,79)(H,66,77)(H,67,76)(H,68,80)(H,69,81)(H,70,83)/t35-,36+,37-,38+,39-,40-,41-,42-,43?,44-/m0/s1. The van der Waals surface area contributed by atoms with E-state index in [0.717, 1.165) is 0 Å². The van der Waals surface area contributed by atoms with Gasteiger partial charge in [-0.3, -0.25) is 67.3 Å². The van der Waals surface area contributed by atoms with Crippen molar-refractivity contribution in [1.82, 2.24) is 68.4 Å². The van der Waals surface area contributed by atoms with Crippen LogP contribution in [0.1, 0.15) is 116 Å². The van der Waals surface area contributed by atoms with Crippen molar-refractivity contribution in [2.75, 3.05) is 19.6 Å². The molecule has 2 aromatic rings. The summed E-state index contributed by atoms with van der Waals surface area (Å²) in [7, 11) is 0. The Balaban J connectivity index is 1.58. The first-order valence-corrected chi connectivity index (χ1v) is 28.8. The lowest BCUT2D eigenvalue weighted by atomic mass is 10.0. The van der Waals surface area contributed by atoms with E-state index >= 15 is 0 Å². The van der Waals surface area contributed by atoms with E-state index in [1.807, 2.05) is 13.8 Å². The number of pyridine rings is 1. The quantitative estimate of drug-likeness (QED) is 0.0798. The number of halogens is 1. The topological polar surface area (TPSA) is 396 Å². The van der Waals surface area contributed by atoms with Gasteiger partial charge in [0.1, 0.15) is 60.4 Å². The highest BCUT2D eigenvalue weighted by molar-refractivity contribution is 6.30. The Morgan fingerprint density at radius 3 is 1.99 bits per heavy atom. The van der Waals surface area contributed by atoms with Crippen molar-refractivity contribution in [2.24, 2.45) is 11.7 Å². The summed E-state index contributed by atoms with van der Waals surface area (Å²) in [6, 6.07) is -4.59. The molecule has 28 heteroatoms. The Labute approximate surface area is 492 Å². The van der Waals surface area contributed by atoms with Crippen molar-refractivity contribution < 1.29 is 62.3 Å². The largest absolute Gasteiger partial charge is 0.368 e. The number of nitrogens with one attached hydrogen (secondary N) is 11. The van der Waals surface area contributed by atoms with Gasteiger partial charge in [-0.1, -0.05) is 57.5 Å². The fourth-order valence-electron chi connectivity index (χ4n) is 9.86. The highest BCUT2D eigenvalue weighted by atomic mass is 35.5. The number of primary amides is 1. The summed E-state index contributed by atoms with van der Waals surface area (Å²) in [6.45, 7) is 7.60. The number of amides is 13. The Morgan fingerprint density at radius 2 is 1.35 bits per heavy atom. The highest BCUT2D eigenvalue weighted by Gasteiger charge is 2.41. The third kappa shape index (κ3) is 20.6. The summed E-state index contributed by atoms with van der Waals surface area (Å²) in [4.78, 5) is 187. The predicted octanol–water partition coefficient (Wildman–Crippen LogP) is -2.15. The average Bonchev–Trinajstić information content (AvgIpc) is 4.15. The normalized spacial score (nSPS) is 23.8. The second-order valence-electron chi connectivity index (χ2n) is 21.6. The van der Waals surface area contributed by atoms with Crippen LogP contribution in [0.4, 0.5) is 0 Å². The second-order valence-corrected chi connectivity index (χ2v) is 22.0. The van der Waals surface area contributed by atoms with Gasteiger partial charge < -0.3 is 69.1 Å². The number of benzene rings is 1. The van der Waals surface area contributed by atoms with Crippen LogP contribution < -0.4 is 64.2 Å². The first kappa shape index (κ1) is 66.6. The predicted molar refractivity (Wildman–Crippen MR) is 304 cm³/mol. The minimum absolute atomic E-state index is 0.0395. The number of fused-ring (bicyclic) bond motifs is 23. The molecule has 13 N–H and O–H groups in total. The molecule has 1 aromatic heterocycles. The molecular weight excluding hydrogens is 1110 g/mol. The Bertz CT molecular complexity index is 2720. The molecule has 1 aromatic carbocycles. The summed E-state index contributed by atoms with van der Waals surface area (Å²) >= 11 is 6.15. The zero-order valence-corrected chi connectivity index (χ0v) is 48.7. The number of hydrogen-bond donors (Lipinski definition) is 12. The number of nitrogens with two attached hydrogens (primary N) is 1. The van der Waals surface area contributed by atoms with Crippen molar-refractivity contribution in [2.45, 2.75) is 179 Å². The number of carbonyl (C=O) groups excluding carboxylic acids is 13. The molecule has 458 valence electrons. The van der Waals surface area contributed by atoms with Gasteiger partial charge in [0, 0.05) is 63.2 Å². The minimum Gasteiger partial charge on any atom is -0.368 e. The average molecular weight is 1190 g/mol. The molecular formula is C56H79ClN14O13. The minimum atomic E-state index is -1.93. The van der Waals surface area contributed by atoms with Crippen LogP contribution in [-0.2, 0) is 75.2 Å². The molecule has 4 saturated heterocycles. The smallest absolute Gasteiger partial charge is 0.245 e. The molecule has 6 rings (SSSR count). The SMILES string of the molecule is CC[C@H](NC(C)=O)C(=O)N[C@@H](Cc1ccc(Cl)cc1)C(=O)N[C@@H](Cc1cccnc1)C(=O)N[C@H]1CC(=O)NCC(C(N)=O)NC(=O)[C@@H]2CCCN2C(=O)[C@H]2CCCCNC(=O)CC[C@H](NC1=O)C(=O)N[C@H](CC)C(=O)N[C@@H](CC(C)C)C(=O)N2. The van der Waals surface area contributed by atoms with E-state index < -0.39 is 150 Å². The van der Waals surface area contributed by atoms with Gasteiger partial charge in [-0.25, -0.2) is 0 Å². The number of carbonyl (C=O) groups is 13. The van der Waals surface area contributed by atoms with E-state index in [0.29, 0.717) is 29.0 Å². The fraction of sp³-hybridized carbons (Fsp3) is 0.571. The van der Waals surface area contributed by atoms with E-state index in [4.69, 9.17) is 17.3 Å². The maximum Gasteiger partial charge on any atom is 0.245 e. The molecule has 13 amide bonds. The number of hydrogen-bond acceptors (Lipinski definition) is 14. The molecule has 4 fully saturated rings. The van der Waals surface area contributed by atoms with E-state index in [1.165, 1.54) is 24.2 Å². The summed E-state index contributed by atoms with van der Waals surface area (Å²) in [6.07, 6.45) is 2.11. The molecule has 4 aliphatic rings. The monoisotopic (exact) mass is 1190 g/mol. The van der Waals surface area contributed by atoms with Crippen LogP contribution >= 0.6 is 11.6 Å². The van der Waals surface area contributed by atoms with Crippen molar-refractivity contribution in [3.63, 3.8) is 0 Å². The second kappa shape index (κ2) is 32.6.